The van der Waals surface area contributed by atoms with Crippen molar-refractivity contribution < 1.29 is 9.53 Å². The average molecular weight is 276 g/mol. The van der Waals surface area contributed by atoms with Gasteiger partial charge in [-0.1, -0.05) is 13.8 Å². The predicted molar refractivity (Wildman–Crippen MR) is 81.0 cm³/mol. The van der Waals surface area contributed by atoms with Gasteiger partial charge in [0.1, 0.15) is 5.75 Å². The molecule has 110 valence electrons. The fourth-order valence-corrected chi connectivity index (χ4v) is 2.18. The first-order chi connectivity index (χ1) is 9.65. The second-order valence-corrected chi connectivity index (χ2v) is 5.69. The van der Waals surface area contributed by atoms with Gasteiger partial charge in [-0.3, -0.25) is 4.79 Å². The number of benzene rings is 1. The average Bonchev–Trinajstić information content (AvgIpc) is 2.94. The standard InChI is InChI=1S/C16H24N2O2/c1-12(2)9-11-20-14-7-5-13(6-8-14)18-16(19)15-4-3-10-17-15/h5-8,12,15,17H,3-4,9-11H2,1-2H3,(H,18,19). The van der Waals surface area contributed by atoms with Gasteiger partial charge in [-0.25, -0.2) is 0 Å². The molecule has 4 nitrogen and oxygen atoms in total. The number of carbonyl (C=O) groups is 1. The van der Waals surface area contributed by atoms with E-state index in [2.05, 4.69) is 24.5 Å². The van der Waals surface area contributed by atoms with Gasteiger partial charge in [-0.15, -0.1) is 0 Å². The molecule has 2 N–H and O–H groups in total. The lowest BCUT2D eigenvalue weighted by molar-refractivity contribution is -0.117. The van der Waals surface area contributed by atoms with E-state index < -0.39 is 0 Å². The number of anilines is 1. The van der Waals surface area contributed by atoms with Crippen LogP contribution >= 0.6 is 0 Å². The Bertz CT molecular complexity index is 423. The zero-order valence-corrected chi connectivity index (χ0v) is 12.3. The van der Waals surface area contributed by atoms with Crippen LogP contribution in [0, 0.1) is 5.92 Å². The number of ether oxygens (including phenoxy) is 1. The van der Waals surface area contributed by atoms with Crippen molar-refractivity contribution >= 4 is 11.6 Å². The van der Waals surface area contributed by atoms with Crippen molar-refractivity contribution in [2.75, 3.05) is 18.5 Å². The highest BCUT2D eigenvalue weighted by Gasteiger charge is 2.21. The molecule has 1 aromatic rings. The first-order valence-corrected chi connectivity index (χ1v) is 7.42. The molecule has 0 aromatic heterocycles. The Balaban J connectivity index is 1.80. The van der Waals surface area contributed by atoms with Crippen molar-refractivity contribution in [1.82, 2.24) is 5.32 Å². The van der Waals surface area contributed by atoms with E-state index in [1.165, 1.54) is 0 Å². The van der Waals surface area contributed by atoms with E-state index in [1.54, 1.807) is 0 Å². The Morgan fingerprint density at radius 3 is 2.75 bits per heavy atom. The Morgan fingerprint density at radius 2 is 2.15 bits per heavy atom. The zero-order chi connectivity index (χ0) is 14.4. The minimum absolute atomic E-state index is 0.0445. The molecule has 4 heteroatoms. The Hall–Kier alpha value is -1.55. The molecule has 0 saturated carbocycles. The van der Waals surface area contributed by atoms with Crippen LogP contribution in [0.1, 0.15) is 33.1 Å². The van der Waals surface area contributed by atoms with Crippen LogP contribution in [0.15, 0.2) is 24.3 Å². The van der Waals surface area contributed by atoms with E-state index in [9.17, 15) is 4.79 Å². The summed E-state index contributed by atoms with van der Waals surface area (Å²) in [6, 6.07) is 7.53. The van der Waals surface area contributed by atoms with Gasteiger partial charge in [0, 0.05) is 5.69 Å². The Labute approximate surface area is 120 Å². The molecule has 2 rings (SSSR count). The van der Waals surface area contributed by atoms with Crippen LogP contribution < -0.4 is 15.4 Å². The molecule has 1 aliphatic heterocycles. The molecular formula is C16H24N2O2. The molecule has 1 aliphatic rings. The molecule has 0 aliphatic carbocycles. The predicted octanol–water partition coefficient (Wildman–Crippen LogP) is 2.80. The van der Waals surface area contributed by atoms with Crippen molar-refractivity contribution in [2.24, 2.45) is 5.92 Å². The molecule has 1 amide bonds. The first kappa shape index (κ1) is 14.9. The van der Waals surface area contributed by atoms with Gasteiger partial charge < -0.3 is 15.4 Å². The minimum Gasteiger partial charge on any atom is -0.494 e. The van der Waals surface area contributed by atoms with Crippen LogP contribution in [0.25, 0.3) is 0 Å². The fourth-order valence-electron chi connectivity index (χ4n) is 2.18. The molecule has 1 unspecified atom stereocenters. The van der Waals surface area contributed by atoms with Crippen molar-refractivity contribution in [3.63, 3.8) is 0 Å². The third-order valence-electron chi connectivity index (χ3n) is 3.46. The highest BCUT2D eigenvalue weighted by molar-refractivity contribution is 5.95. The topological polar surface area (TPSA) is 50.4 Å². The highest BCUT2D eigenvalue weighted by Crippen LogP contribution is 2.17. The molecular weight excluding hydrogens is 252 g/mol. The van der Waals surface area contributed by atoms with Gasteiger partial charge in [0.25, 0.3) is 0 Å². The van der Waals surface area contributed by atoms with Gasteiger partial charge in [0.15, 0.2) is 0 Å². The third-order valence-corrected chi connectivity index (χ3v) is 3.46. The number of rotatable bonds is 6. The SMILES string of the molecule is CC(C)CCOc1ccc(NC(=O)C2CCCN2)cc1. The third kappa shape index (κ3) is 4.53. The molecule has 1 atom stereocenters. The summed E-state index contributed by atoms with van der Waals surface area (Å²) in [7, 11) is 0. The van der Waals surface area contributed by atoms with Gasteiger partial charge >= 0.3 is 0 Å². The molecule has 0 spiro atoms. The minimum atomic E-state index is -0.0445. The van der Waals surface area contributed by atoms with Gasteiger partial charge in [0.2, 0.25) is 5.91 Å². The molecule has 20 heavy (non-hydrogen) atoms. The lowest BCUT2D eigenvalue weighted by Gasteiger charge is -2.12. The summed E-state index contributed by atoms with van der Waals surface area (Å²) in [6.45, 7) is 6.02. The van der Waals surface area contributed by atoms with Crippen LogP contribution in [-0.2, 0) is 4.79 Å². The second kappa shape index (κ2) is 7.29. The Morgan fingerprint density at radius 1 is 1.40 bits per heavy atom. The van der Waals surface area contributed by atoms with Gasteiger partial charge in [-0.05, 0) is 56.0 Å². The summed E-state index contributed by atoms with van der Waals surface area (Å²) in [6.07, 6.45) is 3.04. The lowest BCUT2D eigenvalue weighted by Crippen LogP contribution is -2.35. The maximum atomic E-state index is 11.9. The normalized spacial score (nSPS) is 18.2. The van der Waals surface area contributed by atoms with E-state index >= 15 is 0 Å². The van der Waals surface area contributed by atoms with Crippen LogP contribution in [-0.4, -0.2) is 25.1 Å². The summed E-state index contributed by atoms with van der Waals surface area (Å²) < 4.78 is 5.65. The number of hydrogen-bond acceptors (Lipinski definition) is 3. The van der Waals surface area contributed by atoms with Crippen LogP contribution in [0.2, 0.25) is 0 Å². The number of carbonyl (C=O) groups excluding carboxylic acids is 1. The summed E-state index contributed by atoms with van der Waals surface area (Å²) in [5.74, 6) is 1.55. The summed E-state index contributed by atoms with van der Waals surface area (Å²) in [4.78, 5) is 11.9. The lowest BCUT2D eigenvalue weighted by atomic mass is 10.1. The van der Waals surface area contributed by atoms with E-state index in [-0.39, 0.29) is 11.9 Å². The second-order valence-electron chi connectivity index (χ2n) is 5.69. The van der Waals surface area contributed by atoms with Crippen molar-refractivity contribution in [1.29, 1.82) is 0 Å². The number of amides is 1. The van der Waals surface area contributed by atoms with Crippen molar-refractivity contribution in [2.45, 2.75) is 39.2 Å². The van der Waals surface area contributed by atoms with E-state index in [4.69, 9.17) is 4.74 Å². The molecule has 1 saturated heterocycles. The zero-order valence-electron chi connectivity index (χ0n) is 12.3. The molecule has 0 radical (unpaired) electrons. The largest absolute Gasteiger partial charge is 0.494 e. The van der Waals surface area contributed by atoms with Gasteiger partial charge in [-0.2, -0.15) is 0 Å². The number of hydrogen-bond donors (Lipinski definition) is 2. The van der Waals surface area contributed by atoms with Gasteiger partial charge in [0.05, 0.1) is 12.6 Å². The van der Waals surface area contributed by atoms with Crippen LogP contribution in [0.5, 0.6) is 5.75 Å². The van der Waals surface area contributed by atoms with Crippen LogP contribution in [0.3, 0.4) is 0 Å². The maximum absolute atomic E-state index is 11.9. The van der Waals surface area contributed by atoms with Crippen molar-refractivity contribution in [3.05, 3.63) is 24.3 Å². The fraction of sp³-hybridized carbons (Fsp3) is 0.562. The summed E-state index contributed by atoms with van der Waals surface area (Å²) in [5, 5.41) is 6.12. The highest BCUT2D eigenvalue weighted by atomic mass is 16.5. The van der Waals surface area contributed by atoms with E-state index in [0.29, 0.717) is 5.92 Å². The molecule has 1 aromatic carbocycles. The summed E-state index contributed by atoms with van der Waals surface area (Å²) >= 11 is 0. The molecule has 1 heterocycles. The monoisotopic (exact) mass is 276 g/mol. The first-order valence-electron chi connectivity index (χ1n) is 7.42. The molecule has 1 fully saturated rings. The summed E-state index contributed by atoms with van der Waals surface area (Å²) in [5.41, 5.74) is 0.819. The number of nitrogens with one attached hydrogen (secondary N) is 2. The van der Waals surface area contributed by atoms with E-state index in [1.807, 2.05) is 24.3 Å². The smallest absolute Gasteiger partial charge is 0.241 e. The molecule has 0 bridgehead atoms. The Kier molecular flexibility index (Phi) is 5.41. The van der Waals surface area contributed by atoms with Crippen molar-refractivity contribution in [3.8, 4) is 5.75 Å². The van der Waals surface area contributed by atoms with E-state index in [0.717, 1.165) is 43.9 Å². The van der Waals surface area contributed by atoms with Crippen LogP contribution in [0.4, 0.5) is 5.69 Å². The quantitative estimate of drug-likeness (QED) is 0.840. The maximum Gasteiger partial charge on any atom is 0.241 e.